The third-order valence-corrected chi connectivity index (χ3v) is 5.36. The van der Waals surface area contributed by atoms with E-state index in [1.54, 1.807) is 10.6 Å². The largest absolute Gasteiger partial charge is 0.346 e. The summed E-state index contributed by atoms with van der Waals surface area (Å²) in [6.45, 7) is 0.566. The van der Waals surface area contributed by atoms with Gasteiger partial charge in [-0.05, 0) is 48.2 Å². The third-order valence-electron chi connectivity index (χ3n) is 5.36. The van der Waals surface area contributed by atoms with Gasteiger partial charge in [0.2, 0.25) is 5.91 Å². The highest BCUT2D eigenvalue weighted by Crippen LogP contribution is 2.36. The number of carbonyl (C=O) groups excluding carboxylic acids is 1. The van der Waals surface area contributed by atoms with Crippen molar-refractivity contribution in [1.82, 2.24) is 34.6 Å². The lowest BCUT2D eigenvalue weighted by molar-refractivity contribution is -0.117. The predicted octanol–water partition coefficient (Wildman–Crippen LogP) is 1.40. The lowest BCUT2D eigenvalue weighted by Gasteiger charge is -2.07. The Labute approximate surface area is 166 Å². The molecule has 1 aliphatic carbocycles. The lowest BCUT2D eigenvalue weighted by atomic mass is 10.2. The van der Waals surface area contributed by atoms with Gasteiger partial charge in [-0.25, -0.2) is 14.2 Å². The molecule has 0 saturated heterocycles. The molecular weight excluding hydrogens is 372 g/mol. The average molecular weight is 394 g/mol. The molecule has 1 saturated carbocycles. The van der Waals surface area contributed by atoms with Gasteiger partial charge in [0.1, 0.15) is 12.4 Å². The van der Waals surface area contributed by atoms with Crippen molar-refractivity contribution in [2.24, 2.45) is 0 Å². The fourth-order valence-electron chi connectivity index (χ4n) is 3.75. The van der Waals surface area contributed by atoms with Crippen LogP contribution in [0, 0.1) is 0 Å². The Kier molecular flexibility index (Phi) is 4.45. The SMILES string of the molecule is O=C(Cn1nc2n(c1=O)CCCCC2)Nc1cccc(-c2nnnn2C2CC2)c1. The van der Waals surface area contributed by atoms with Crippen molar-refractivity contribution in [3.05, 3.63) is 40.6 Å². The summed E-state index contributed by atoms with van der Waals surface area (Å²) in [5.41, 5.74) is 1.26. The molecule has 0 bridgehead atoms. The van der Waals surface area contributed by atoms with E-state index in [2.05, 4.69) is 25.9 Å². The fourth-order valence-corrected chi connectivity index (χ4v) is 3.75. The Morgan fingerprint density at radius 1 is 1.21 bits per heavy atom. The number of anilines is 1. The van der Waals surface area contributed by atoms with Crippen LogP contribution in [0.25, 0.3) is 11.4 Å². The molecule has 1 amide bonds. The van der Waals surface area contributed by atoms with Crippen LogP contribution in [-0.2, 0) is 24.3 Å². The number of benzene rings is 1. The molecule has 3 heterocycles. The third kappa shape index (κ3) is 3.57. The molecule has 2 aliphatic rings. The molecule has 0 unspecified atom stereocenters. The number of nitrogens with zero attached hydrogens (tertiary/aromatic N) is 7. The van der Waals surface area contributed by atoms with E-state index in [-0.39, 0.29) is 18.1 Å². The first-order valence-electron chi connectivity index (χ1n) is 10.0. The molecule has 5 rings (SSSR count). The number of fused-ring (bicyclic) bond motifs is 1. The van der Waals surface area contributed by atoms with Gasteiger partial charge in [-0.1, -0.05) is 18.6 Å². The molecule has 2 aromatic heterocycles. The van der Waals surface area contributed by atoms with E-state index in [1.165, 1.54) is 4.68 Å². The second-order valence-corrected chi connectivity index (χ2v) is 7.63. The highest BCUT2D eigenvalue weighted by atomic mass is 16.2. The summed E-state index contributed by atoms with van der Waals surface area (Å²) in [5.74, 6) is 1.17. The summed E-state index contributed by atoms with van der Waals surface area (Å²) < 4.78 is 4.78. The van der Waals surface area contributed by atoms with E-state index < -0.39 is 0 Å². The Hall–Kier alpha value is -3.30. The maximum absolute atomic E-state index is 12.5. The van der Waals surface area contributed by atoms with Gasteiger partial charge in [0, 0.05) is 24.2 Å². The minimum absolute atomic E-state index is 0.108. The van der Waals surface area contributed by atoms with Crippen molar-refractivity contribution >= 4 is 11.6 Å². The van der Waals surface area contributed by atoms with Crippen molar-refractivity contribution in [2.75, 3.05) is 5.32 Å². The molecule has 1 aromatic carbocycles. The van der Waals surface area contributed by atoms with Crippen LogP contribution >= 0.6 is 0 Å². The number of rotatable bonds is 5. The van der Waals surface area contributed by atoms with Crippen LogP contribution in [-0.4, -0.2) is 40.5 Å². The molecule has 0 radical (unpaired) electrons. The molecule has 1 aliphatic heterocycles. The first-order chi connectivity index (χ1) is 14.2. The zero-order chi connectivity index (χ0) is 19.8. The maximum Gasteiger partial charge on any atom is 0.346 e. The molecule has 1 N–H and O–H groups in total. The van der Waals surface area contributed by atoms with E-state index in [4.69, 9.17) is 0 Å². The van der Waals surface area contributed by atoms with E-state index in [1.807, 2.05) is 22.9 Å². The van der Waals surface area contributed by atoms with Gasteiger partial charge < -0.3 is 5.32 Å². The first kappa shape index (κ1) is 17.8. The molecule has 0 spiro atoms. The topological polar surface area (TPSA) is 113 Å². The molecule has 0 atom stereocenters. The number of amides is 1. The van der Waals surface area contributed by atoms with Crippen LogP contribution in [0.2, 0.25) is 0 Å². The van der Waals surface area contributed by atoms with Crippen LogP contribution in [0.5, 0.6) is 0 Å². The Bertz CT molecular complexity index is 1110. The number of hydrogen-bond acceptors (Lipinski definition) is 6. The van der Waals surface area contributed by atoms with E-state index in [0.717, 1.165) is 49.9 Å². The maximum atomic E-state index is 12.5. The second kappa shape index (κ2) is 7.26. The molecule has 3 aromatic rings. The Morgan fingerprint density at radius 2 is 2.10 bits per heavy atom. The van der Waals surface area contributed by atoms with Crippen LogP contribution in [0.15, 0.2) is 29.1 Å². The zero-order valence-corrected chi connectivity index (χ0v) is 16.0. The van der Waals surface area contributed by atoms with Gasteiger partial charge in [0.25, 0.3) is 0 Å². The van der Waals surface area contributed by atoms with E-state index in [9.17, 15) is 9.59 Å². The van der Waals surface area contributed by atoms with E-state index >= 15 is 0 Å². The Morgan fingerprint density at radius 3 is 2.97 bits per heavy atom. The number of aryl methyl sites for hydroxylation is 1. The molecule has 1 fully saturated rings. The minimum atomic E-state index is -0.292. The second-order valence-electron chi connectivity index (χ2n) is 7.63. The Balaban J connectivity index is 1.32. The van der Waals surface area contributed by atoms with Crippen molar-refractivity contribution in [3.63, 3.8) is 0 Å². The van der Waals surface area contributed by atoms with Crippen LogP contribution in [0.3, 0.4) is 0 Å². The highest BCUT2D eigenvalue weighted by molar-refractivity contribution is 5.91. The van der Waals surface area contributed by atoms with E-state index in [0.29, 0.717) is 24.1 Å². The van der Waals surface area contributed by atoms with Crippen LogP contribution in [0.4, 0.5) is 5.69 Å². The highest BCUT2D eigenvalue weighted by Gasteiger charge is 2.28. The first-order valence-corrected chi connectivity index (χ1v) is 10.0. The number of nitrogens with one attached hydrogen (secondary N) is 1. The molecule has 10 heteroatoms. The van der Waals surface area contributed by atoms with Gasteiger partial charge in [0.15, 0.2) is 5.82 Å². The van der Waals surface area contributed by atoms with Crippen molar-refractivity contribution < 1.29 is 4.79 Å². The van der Waals surface area contributed by atoms with Crippen LogP contribution in [0.1, 0.15) is 44.0 Å². The number of hydrogen-bond donors (Lipinski definition) is 1. The van der Waals surface area contributed by atoms with Gasteiger partial charge in [-0.15, -0.1) is 5.10 Å². The number of carbonyl (C=O) groups is 1. The molecule has 150 valence electrons. The summed E-state index contributed by atoms with van der Waals surface area (Å²) in [6, 6.07) is 7.77. The van der Waals surface area contributed by atoms with Gasteiger partial charge >= 0.3 is 5.69 Å². The fraction of sp³-hybridized carbons (Fsp3) is 0.474. The standard InChI is InChI=1S/C19H22N8O2/c28-17(12-26-19(29)25-10-3-1-2-7-16(25)22-26)20-14-6-4-5-13(11-14)18-21-23-24-27(18)15-8-9-15/h4-6,11,15H,1-3,7-10,12H2,(H,20,28). The summed E-state index contributed by atoms with van der Waals surface area (Å²) in [6.07, 6.45) is 6.04. The van der Waals surface area contributed by atoms with Crippen molar-refractivity contribution in [3.8, 4) is 11.4 Å². The number of tetrazole rings is 1. The van der Waals surface area contributed by atoms with Gasteiger partial charge in [-0.2, -0.15) is 5.10 Å². The van der Waals surface area contributed by atoms with Gasteiger partial charge in [0.05, 0.1) is 6.04 Å². The molecular formula is C19H22N8O2. The summed E-state index contributed by atoms with van der Waals surface area (Å²) in [4.78, 5) is 25.1. The summed E-state index contributed by atoms with van der Waals surface area (Å²) >= 11 is 0. The molecule has 10 nitrogen and oxygen atoms in total. The number of aromatic nitrogens is 7. The monoisotopic (exact) mass is 394 g/mol. The smallest absolute Gasteiger partial charge is 0.324 e. The van der Waals surface area contributed by atoms with Crippen molar-refractivity contribution in [1.29, 1.82) is 0 Å². The normalized spacial score (nSPS) is 16.3. The summed E-state index contributed by atoms with van der Waals surface area (Å²) in [7, 11) is 0. The lowest BCUT2D eigenvalue weighted by Crippen LogP contribution is -2.30. The van der Waals surface area contributed by atoms with Gasteiger partial charge in [-0.3, -0.25) is 9.36 Å². The van der Waals surface area contributed by atoms with Crippen molar-refractivity contribution in [2.45, 2.75) is 57.7 Å². The predicted molar refractivity (Wildman–Crippen MR) is 104 cm³/mol. The zero-order valence-electron chi connectivity index (χ0n) is 16.0. The van der Waals surface area contributed by atoms with Crippen LogP contribution < -0.4 is 11.0 Å². The molecule has 29 heavy (non-hydrogen) atoms. The summed E-state index contributed by atoms with van der Waals surface area (Å²) in [5, 5.41) is 19.2. The average Bonchev–Trinajstić information content (AvgIpc) is 3.43. The quantitative estimate of drug-likeness (QED) is 0.700. The minimum Gasteiger partial charge on any atom is -0.324 e.